The third-order valence-corrected chi connectivity index (χ3v) is 3.62. The highest BCUT2D eigenvalue weighted by Crippen LogP contribution is 2.30. The van der Waals surface area contributed by atoms with Crippen LogP contribution in [0.5, 0.6) is 5.75 Å². The Morgan fingerprint density at radius 1 is 1.29 bits per heavy atom. The van der Waals surface area contributed by atoms with Gasteiger partial charge in [0.15, 0.2) is 5.75 Å². The molecule has 2 aromatic rings. The molecule has 0 atom stereocenters. The van der Waals surface area contributed by atoms with E-state index in [1.54, 1.807) is 29.2 Å². The van der Waals surface area contributed by atoms with Crippen LogP contribution in [0.1, 0.15) is 20.3 Å². The van der Waals surface area contributed by atoms with E-state index in [1.165, 1.54) is 18.3 Å². The summed E-state index contributed by atoms with van der Waals surface area (Å²) in [4.78, 5) is 18.7. The lowest BCUT2D eigenvalue weighted by molar-refractivity contribution is -0.281. The molecule has 0 radical (unpaired) electrons. The van der Waals surface area contributed by atoms with Crippen molar-refractivity contribution in [2.24, 2.45) is 0 Å². The minimum absolute atomic E-state index is 0.0547. The molecule has 5 nitrogen and oxygen atoms in total. The molecule has 0 spiro atoms. The third kappa shape index (κ3) is 4.04. The number of carbonyl (C=O) groups excluding carboxylic acids is 1. The number of thiophene rings is 1. The monoisotopic (exact) mass is 306 g/mol. The molecule has 2 rings (SSSR count). The van der Waals surface area contributed by atoms with Crippen LogP contribution in [0.25, 0.3) is 0 Å². The molecular weight excluding hydrogens is 288 g/mol. The number of benzene rings is 1. The van der Waals surface area contributed by atoms with Crippen molar-refractivity contribution in [3.05, 3.63) is 41.8 Å². The highest BCUT2D eigenvalue weighted by atomic mass is 32.1. The fourth-order valence-electron chi connectivity index (χ4n) is 1.88. The van der Waals surface area contributed by atoms with E-state index in [0.29, 0.717) is 12.3 Å². The van der Waals surface area contributed by atoms with Gasteiger partial charge in [0, 0.05) is 12.6 Å². The van der Waals surface area contributed by atoms with Gasteiger partial charge in [0.1, 0.15) is 5.00 Å². The first kappa shape index (κ1) is 15.5. The second kappa shape index (κ2) is 7.21. The lowest BCUT2D eigenvalue weighted by atomic mass is 10.2. The molecule has 0 saturated heterocycles. The Labute approximate surface area is 127 Å². The molecular formula is C15H18N2O3S. The number of hydroxylamine groups is 2. The molecule has 6 heteroatoms. The molecule has 0 aliphatic heterocycles. The van der Waals surface area contributed by atoms with E-state index in [9.17, 15) is 10.0 Å². The van der Waals surface area contributed by atoms with Gasteiger partial charge >= 0.3 is 0 Å². The smallest absolute Gasteiger partial charge is 0.229 e. The fourth-order valence-corrected chi connectivity index (χ4v) is 2.67. The standard InChI is InChI=1S/C15H18N2O3S/c1-3-10-16(19)20-14-8-6-13(7-9-14)17(12(2)18)15-5-4-11-21-15/h4-9,11,19H,3,10H2,1-2H3. The molecule has 0 aliphatic carbocycles. The van der Waals surface area contributed by atoms with Gasteiger partial charge in [0.05, 0.1) is 6.54 Å². The zero-order valence-corrected chi connectivity index (χ0v) is 12.8. The first-order chi connectivity index (χ1) is 10.1. The normalized spacial score (nSPS) is 10.7. The Balaban J connectivity index is 2.15. The predicted octanol–water partition coefficient (Wildman–Crippen LogP) is 3.83. The maximum absolute atomic E-state index is 11.8. The summed E-state index contributed by atoms with van der Waals surface area (Å²) in [6.45, 7) is 3.90. The van der Waals surface area contributed by atoms with Crippen molar-refractivity contribution < 1.29 is 14.8 Å². The van der Waals surface area contributed by atoms with Crippen molar-refractivity contribution in [1.29, 1.82) is 0 Å². The molecule has 21 heavy (non-hydrogen) atoms. The van der Waals surface area contributed by atoms with Crippen molar-refractivity contribution in [3.8, 4) is 5.75 Å². The molecule has 0 fully saturated rings. The topological polar surface area (TPSA) is 53.0 Å². The van der Waals surface area contributed by atoms with Crippen molar-refractivity contribution in [1.82, 2.24) is 5.23 Å². The van der Waals surface area contributed by atoms with Crippen LogP contribution in [-0.2, 0) is 4.79 Å². The van der Waals surface area contributed by atoms with Gasteiger partial charge in [-0.1, -0.05) is 6.92 Å². The van der Waals surface area contributed by atoms with Crippen LogP contribution in [0.3, 0.4) is 0 Å². The average molecular weight is 306 g/mol. The summed E-state index contributed by atoms with van der Waals surface area (Å²) in [6.07, 6.45) is 0.783. The quantitative estimate of drug-likeness (QED) is 0.824. The van der Waals surface area contributed by atoms with Gasteiger partial charge in [0.25, 0.3) is 0 Å². The minimum atomic E-state index is -0.0547. The summed E-state index contributed by atoms with van der Waals surface area (Å²) in [5, 5.41) is 13.1. The Morgan fingerprint density at radius 3 is 2.52 bits per heavy atom. The Morgan fingerprint density at radius 2 is 2.00 bits per heavy atom. The fraction of sp³-hybridized carbons (Fsp3) is 0.267. The zero-order valence-electron chi connectivity index (χ0n) is 12.0. The molecule has 1 heterocycles. The van der Waals surface area contributed by atoms with E-state index >= 15 is 0 Å². The summed E-state index contributed by atoms with van der Waals surface area (Å²) >= 11 is 1.50. The van der Waals surface area contributed by atoms with Crippen molar-refractivity contribution in [3.63, 3.8) is 0 Å². The Kier molecular flexibility index (Phi) is 5.32. The van der Waals surface area contributed by atoms with Crippen LogP contribution in [0.4, 0.5) is 10.7 Å². The van der Waals surface area contributed by atoms with Crippen LogP contribution in [-0.4, -0.2) is 22.9 Å². The largest absolute Gasteiger partial charge is 0.381 e. The van der Waals surface area contributed by atoms with Gasteiger partial charge in [-0.25, -0.2) is 0 Å². The number of rotatable bonds is 6. The first-order valence-corrected chi connectivity index (χ1v) is 7.58. The Bertz CT molecular complexity index is 569. The summed E-state index contributed by atoms with van der Waals surface area (Å²) in [6, 6.07) is 10.8. The maximum atomic E-state index is 11.8. The molecule has 1 aromatic heterocycles. The van der Waals surface area contributed by atoms with Crippen molar-refractivity contribution in [2.45, 2.75) is 20.3 Å². The highest BCUT2D eigenvalue weighted by Gasteiger charge is 2.15. The Hall–Kier alpha value is -1.89. The van der Waals surface area contributed by atoms with Gasteiger partial charge < -0.3 is 4.84 Å². The van der Waals surface area contributed by atoms with Crippen LogP contribution in [0.15, 0.2) is 41.8 Å². The number of nitrogens with zero attached hydrogens (tertiary/aromatic N) is 2. The van der Waals surface area contributed by atoms with E-state index in [2.05, 4.69) is 0 Å². The molecule has 1 N–H and O–H groups in total. The molecule has 0 saturated carbocycles. The molecule has 0 bridgehead atoms. The minimum Gasteiger partial charge on any atom is -0.381 e. The van der Waals surface area contributed by atoms with Gasteiger partial charge in [-0.3, -0.25) is 14.9 Å². The van der Waals surface area contributed by atoms with E-state index in [-0.39, 0.29) is 5.91 Å². The lowest BCUT2D eigenvalue weighted by Crippen LogP contribution is -2.24. The van der Waals surface area contributed by atoms with Crippen LogP contribution >= 0.6 is 11.3 Å². The van der Waals surface area contributed by atoms with E-state index in [1.807, 2.05) is 24.4 Å². The van der Waals surface area contributed by atoms with Crippen LogP contribution < -0.4 is 9.74 Å². The third-order valence-electron chi connectivity index (χ3n) is 2.76. The molecule has 1 aromatic carbocycles. The zero-order chi connectivity index (χ0) is 15.2. The van der Waals surface area contributed by atoms with E-state index < -0.39 is 0 Å². The molecule has 1 amide bonds. The van der Waals surface area contributed by atoms with Gasteiger partial charge in [-0.05, 0) is 53.4 Å². The van der Waals surface area contributed by atoms with E-state index in [0.717, 1.165) is 22.3 Å². The summed E-state index contributed by atoms with van der Waals surface area (Å²) in [5.41, 5.74) is 0.761. The lowest BCUT2D eigenvalue weighted by Gasteiger charge is -2.20. The molecule has 0 aliphatic rings. The number of anilines is 2. The first-order valence-electron chi connectivity index (χ1n) is 6.70. The number of hydrogen-bond donors (Lipinski definition) is 1. The maximum Gasteiger partial charge on any atom is 0.229 e. The number of amides is 1. The predicted molar refractivity (Wildman–Crippen MR) is 83.0 cm³/mol. The van der Waals surface area contributed by atoms with Crippen molar-refractivity contribution in [2.75, 3.05) is 11.4 Å². The van der Waals surface area contributed by atoms with E-state index in [4.69, 9.17) is 4.84 Å². The molecule has 0 unspecified atom stereocenters. The second-order valence-corrected chi connectivity index (χ2v) is 5.39. The second-order valence-electron chi connectivity index (χ2n) is 4.47. The van der Waals surface area contributed by atoms with Crippen LogP contribution in [0, 0.1) is 0 Å². The summed E-state index contributed by atoms with van der Waals surface area (Å²) in [5.74, 6) is 0.463. The molecule has 112 valence electrons. The van der Waals surface area contributed by atoms with Crippen LogP contribution in [0.2, 0.25) is 0 Å². The SMILES string of the molecule is CCCN(O)Oc1ccc(N(C(C)=O)c2cccs2)cc1. The van der Waals surface area contributed by atoms with Gasteiger partial charge in [-0.2, -0.15) is 0 Å². The van der Waals surface area contributed by atoms with Gasteiger partial charge in [-0.15, -0.1) is 11.3 Å². The summed E-state index contributed by atoms with van der Waals surface area (Å²) < 4.78 is 0. The summed E-state index contributed by atoms with van der Waals surface area (Å²) in [7, 11) is 0. The van der Waals surface area contributed by atoms with Gasteiger partial charge in [0.2, 0.25) is 5.91 Å². The number of carbonyl (C=O) groups is 1. The highest BCUT2D eigenvalue weighted by molar-refractivity contribution is 7.14. The average Bonchev–Trinajstić information content (AvgIpc) is 2.94. The van der Waals surface area contributed by atoms with Crippen molar-refractivity contribution >= 4 is 27.9 Å². The number of hydrogen-bond acceptors (Lipinski definition) is 5.